The van der Waals surface area contributed by atoms with E-state index in [1.54, 1.807) is 6.92 Å². The minimum Gasteiger partial charge on any atom is -0.311 e. The molecule has 0 aliphatic heterocycles. The fraction of sp³-hybridized carbons (Fsp3) is 0.222. The summed E-state index contributed by atoms with van der Waals surface area (Å²) in [6.07, 6.45) is 1.07. The van der Waals surface area contributed by atoms with Crippen LogP contribution in [-0.4, -0.2) is 12.8 Å². The normalized spacial score (nSPS) is 10.8. The Balaban J connectivity index is 2.97. The lowest BCUT2D eigenvalue weighted by atomic mass is 10.2. The highest BCUT2D eigenvalue weighted by Gasteiger charge is 2.05. The molecular formula is C9H9F2N3. The van der Waals surface area contributed by atoms with Gasteiger partial charge in [-0.15, -0.1) is 0 Å². The van der Waals surface area contributed by atoms with Crippen LogP contribution in [0, 0.1) is 24.0 Å². The van der Waals surface area contributed by atoms with Gasteiger partial charge in [0.05, 0.1) is 12.2 Å². The fourth-order valence-corrected chi connectivity index (χ4v) is 0.901. The zero-order valence-corrected chi connectivity index (χ0v) is 7.59. The number of aryl methyl sites for hydroxylation is 1. The summed E-state index contributed by atoms with van der Waals surface area (Å²) >= 11 is 0. The Hall–Kier alpha value is -1.65. The first-order chi connectivity index (χ1) is 6.65. The molecule has 0 aliphatic rings. The lowest BCUT2D eigenvalue weighted by molar-refractivity contribution is 0.508. The topological polar surface area (TPSA) is 48.6 Å². The molecule has 0 amide bonds. The highest BCUT2D eigenvalue weighted by molar-refractivity contribution is 5.55. The molecule has 3 nitrogen and oxygen atoms in total. The number of nitrogens with zero attached hydrogens (tertiary/aromatic N) is 2. The molecule has 0 aromatic heterocycles. The van der Waals surface area contributed by atoms with E-state index in [-0.39, 0.29) is 12.2 Å². The van der Waals surface area contributed by atoms with E-state index in [0.29, 0.717) is 5.56 Å². The van der Waals surface area contributed by atoms with Crippen LogP contribution in [0.15, 0.2) is 22.4 Å². The van der Waals surface area contributed by atoms with Crippen molar-refractivity contribution in [1.29, 1.82) is 5.41 Å². The summed E-state index contributed by atoms with van der Waals surface area (Å²) in [6, 6.07) is 2.05. The Kier molecular flexibility index (Phi) is 3.39. The number of rotatable bonds is 3. The SMILES string of the molecule is Cc1cc(F)c(F)cc1N=NCC=N. The second-order valence-corrected chi connectivity index (χ2v) is 2.68. The van der Waals surface area contributed by atoms with Crippen molar-refractivity contribution in [3.8, 4) is 0 Å². The molecular weight excluding hydrogens is 188 g/mol. The third-order valence-electron chi connectivity index (χ3n) is 1.59. The summed E-state index contributed by atoms with van der Waals surface area (Å²) in [5, 5.41) is 13.9. The van der Waals surface area contributed by atoms with Gasteiger partial charge in [0.15, 0.2) is 11.6 Å². The van der Waals surface area contributed by atoms with Crippen LogP contribution in [0.25, 0.3) is 0 Å². The summed E-state index contributed by atoms with van der Waals surface area (Å²) in [6.45, 7) is 1.75. The van der Waals surface area contributed by atoms with Crippen molar-refractivity contribution in [2.45, 2.75) is 6.92 Å². The van der Waals surface area contributed by atoms with Crippen LogP contribution in [0.3, 0.4) is 0 Å². The smallest absolute Gasteiger partial charge is 0.161 e. The van der Waals surface area contributed by atoms with Crippen molar-refractivity contribution in [3.05, 3.63) is 29.3 Å². The summed E-state index contributed by atoms with van der Waals surface area (Å²) in [5.74, 6) is -1.84. The highest BCUT2D eigenvalue weighted by Crippen LogP contribution is 2.21. The molecule has 0 unspecified atom stereocenters. The maximum absolute atomic E-state index is 12.7. The first kappa shape index (κ1) is 10.4. The van der Waals surface area contributed by atoms with E-state index < -0.39 is 11.6 Å². The summed E-state index contributed by atoms with van der Waals surface area (Å²) in [7, 11) is 0. The third-order valence-corrected chi connectivity index (χ3v) is 1.59. The van der Waals surface area contributed by atoms with Crippen molar-refractivity contribution < 1.29 is 8.78 Å². The van der Waals surface area contributed by atoms with Gasteiger partial charge in [-0.3, -0.25) is 0 Å². The molecule has 0 radical (unpaired) electrons. The van der Waals surface area contributed by atoms with Crippen molar-refractivity contribution in [2.75, 3.05) is 6.54 Å². The minimum atomic E-state index is -0.945. The zero-order valence-electron chi connectivity index (χ0n) is 7.59. The van der Waals surface area contributed by atoms with Gasteiger partial charge in [0.1, 0.15) is 0 Å². The molecule has 14 heavy (non-hydrogen) atoms. The Morgan fingerprint density at radius 3 is 2.64 bits per heavy atom. The van der Waals surface area contributed by atoms with Gasteiger partial charge in [-0.25, -0.2) is 8.78 Å². The number of benzene rings is 1. The van der Waals surface area contributed by atoms with E-state index >= 15 is 0 Å². The molecule has 0 atom stereocenters. The Bertz CT molecular complexity index is 375. The van der Waals surface area contributed by atoms with E-state index in [1.165, 1.54) is 0 Å². The van der Waals surface area contributed by atoms with E-state index in [0.717, 1.165) is 18.3 Å². The van der Waals surface area contributed by atoms with Crippen LogP contribution in [0.1, 0.15) is 5.56 Å². The van der Waals surface area contributed by atoms with Crippen molar-refractivity contribution in [3.63, 3.8) is 0 Å². The first-order valence-electron chi connectivity index (χ1n) is 3.97. The largest absolute Gasteiger partial charge is 0.311 e. The van der Waals surface area contributed by atoms with Crippen molar-refractivity contribution >= 4 is 11.9 Å². The molecule has 0 spiro atoms. The van der Waals surface area contributed by atoms with Crippen LogP contribution < -0.4 is 0 Å². The molecule has 1 rings (SSSR count). The van der Waals surface area contributed by atoms with Crippen molar-refractivity contribution in [2.24, 2.45) is 10.2 Å². The van der Waals surface area contributed by atoms with Crippen LogP contribution in [-0.2, 0) is 0 Å². The average Bonchev–Trinajstić information content (AvgIpc) is 2.14. The van der Waals surface area contributed by atoms with Crippen LogP contribution in [0.5, 0.6) is 0 Å². The molecule has 1 aromatic carbocycles. The Morgan fingerprint density at radius 2 is 2.00 bits per heavy atom. The summed E-state index contributed by atoms with van der Waals surface area (Å²) < 4.78 is 25.4. The van der Waals surface area contributed by atoms with Crippen LogP contribution >= 0.6 is 0 Å². The lowest BCUT2D eigenvalue weighted by Gasteiger charge is -1.99. The van der Waals surface area contributed by atoms with E-state index in [1.807, 2.05) is 0 Å². The molecule has 5 heteroatoms. The minimum absolute atomic E-state index is 0.137. The molecule has 0 saturated carbocycles. The molecule has 1 N–H and O–H groups in total. The van der Waals surface area contributed by atoms with Gasteiger partial charge < -0.3 is 5.41 Å². The van der Waals surface area contributed by atoms with E-state index in [2.05, 4.69) is 10.2 Å². The highest BCUT2D eigenvalue weighted by atomic mass is 19.2. The Morgan fingerprint density at radius 1 is 1.36 bits per heavy atom. The molecule has 1 aromatic rings. The van der Waals surface area contributed by atoms with E-state index in [9.17, 15) is 8.78 Å². The first-order valence-corrected chi connectivity index (χ1v) is 3.97. The molecule has 0 fully saturated rings. The van der Waals surface area contributed by atoms with Gasteiger partial charge in [-0.05, 0) is 18.6 Å². The van der Waals surface area contributed by atoms with Crippen LogP contribution in [0.4, 0.5) is 14.5 Å². The maximum Gasteiger partial charge on any atom is 0.161 e. The predicted molar refractivity (Wildman–Crippen MR) is 49.3 cm³/mol. The van der Waals surface area contributed by atoms with Gasteiger partial charge in [0, 0.05) is 12.3 Å². The number of hydrogen-bond donors (Lipinski definition) is 1. The van der Waals surface area contributed by atoms with Gasteiger partial charge in [0.2, 0.25) is 0 Å². The standard InChI is InChI=1S/C9H9F2N3/c1-6-4-7(10)8(11)5-9(6)14-13-3-2-12/h2,4-5,12H,3H2,1H3. The molecule has 0 saturated heterocycles. The second kappa shape index (κ2) is 4.55. The molecule has 0 aliphatic carbocycles. The number of azo groups is 1. The van der Waals surface area contributed by atoms with Gasteiger partial charge in [-0.2, -0.15) is 10.2 Å². The summed E-state index contributed by atoms with van der Waals surface area (Å²) in [4.78, 5) is 0. The van der Waals surface area contributed by atoms with Crippen LogP contribution in [0.2, 0.25) is 0 Å². The van der Waals surface area contributed by atoms with Gasteiger partial charge in [0.25, 0.3) is 0 Å². The van der Waals surface area contributed by atoms with E-state index in [4.69, 9.17) is 5.41 Å². The monoisotopic (exact) mass is 197 g/mol. The number of hydrogen-bond acceptors (Lipinski definition) is 3. The third kappa shape index (κ3) is 2.42. The zero-order chi connectivity index (χ0) is 10.6. The van der Waals surface area contributed by atoms with Crippen molar-refractivity contribution in [1.82, 2.24) is 0 Å². The predicted octanol–water partition coefficient (Wildman–Crippen LogP) is 3.01. The fourth-order valence-electron chi connectivity index (χ4n) is 0.901. The quantitative estimate of drug-likeness (QED) is 0.572. The molecule has 74 valence electrons. The average molecular weight is 197 g/mol. The van der Waals surface area contributed by atoms with Gasteiger partial charge >= 0.3 is 0 Å². The maximum atomic E-state index is 12.7. The lowest BCUT2D eigenvalue weighted by Crippen LogP contribution is -1.85. The second-order valence-electron chi connectivity index (χ2n) is 2.68. The summed E-state index contributed by atoms with van der Waals surface area (Å²) in [5.41, 5.74) is 0.795. The Labute approximate surface area is 80.0 Å². The van der Waals surface area contributed by atoms with Gasteiger partial charge in [-0.1, -0.05) is 0 Å². The number of halogens is 2. The molecule has 0 bridgehead atoms. The molecule has 0 heterocycles. The number of nitrogens with one attached hydrogen (secondary N) is 1.